The number of amides is 4. The molecule has 0 bridgehead atoms. The smallest absolute Gasteiger partial charge is 0.262 e. The zero-order chi connectivity index (χ0) is 20.5. The monoisotopic (exact) mass is 408 g/mol. The summed E-state index contributed by atoms with van der Waals surface area (Å²) in [5.74, 6) is -1.56. The highest BCUT2D eigenvalue weighted by Crippen LogP contribution is 2.28. The largest absolute Gasteiger partial charge is 0.324 e. The molecule has 2 heterocycles. The van der Waals surface area contributed by atoms with Crippen molar-refractivity contribution in [2.75, 3.05) is 17.2 Å². The standard InChI is InChI=1S/C20H16N4O4S/c1-2-16(25)23-20-22-14-8-7-11(9-15(14)29-20)21-17(26)10-24-18(27)12-5-3-4-6-13(12)19(24)28/h3-9H,2,10H2,1H3,(H,21,26)(H,22,23,25). The van der Waals surface area contributed by atoms with Crippen molar-refractivity contribution < 1.29 is 19.2 Å². The summed E-state index contributed by atoms with van der Waals surface area (Å²) >= 11 is 1.29. The predicted octanol–water partition coefficient (Wildman–Crippen LogP) is 2.88. The fourth-order valence-corrected chi connectivity index (χ4v) is 3.91. The van der Waals surface area contributed by atoms with Crippen LogP contribution in [0.3, 0.4) is 0 Å². The summed E-state index contributed by atoms with van der Waals surface area (Å²) in [7, 11) is 0. The van der Waals surface area contributed by atoms with E-state index in [1.165, 1.54) is 11.3 Å². The van der Waals surface area contributed by atoms with E-state index < -0.39 is 17.7 Å². The van der Waals surface area contributed by atoms with Crippen molar-refractivity contribution >= 4 is 56.0 Å². The van der Waals surface area contributed by atoms with Crippen LogP contribution in [0.15, 0.2) is 42.5 Å². The molecule has 2 N–H and O–H groups in total. The molecule has 2 aromatic carbocycles. The number of rotatable bonds is 5. The summed E-state index contributed by atoms with van der Waals surface area (Å²) in [6.07, 6.45) is 0.356. The SMILES string of the molecule is CCC(=O)Nc1nc2ccc(NC(=O)CN3C(=O)c4ccccc4C3=O)cc2s1. The van der Waals surface area contributed by atoms with Gasteiger partial charge in [-0.25, -0.2) is 4.98 Å². The molecule has 3 aromatic rings. The number of nitrogens with zero attached hydrogens (tertiary/aromatic N) is 2. The molecule has 0 unspecified atom stereocenters. The van der Waals surface area contributed by atoms with E-state index in [-0.39, 0.29) is 12.5 Å². The number of hydrogen-bond donors (Lipinski definition) is 2. The number of fused-ring (bicyclic) bond motifs is 2. The molecule has 0 radical (unpaired) electrons. The summed E-state index contributed by atoms with van der Waals surface area (Å²) in [6, 6.07) is 11.6. The van der Waals surface area contributed by atoms with Crippen molar-refractivity contribution in [3.8, 4) is 0 Å². The van der Waals surface area contributed by atoms with Crippen molar-refractivity contribution in [3.05, 3.63) is 53.6 Å². The normalized spacial score (nSPS) is 12.9. The van der Waals surface area contributed by atoms with Gasteiger partial charge in [-0.2, -0.15) is 0 Å². The van der Waals surface area contributed by atoms with Crippen molar-refractivity contribution in [1.82, 2.24) is 9.88 Å². The molecule has 1 aliphatic heterocycles. The number of anilines is 2. The Morgan fingerprint density at radius 3 is 2.34 bits per heavy atom. The van der Waals surface area contributed by atoms with Crippen LogP contribution in [-0.2, 0) is 9.59 Å². The van der Waals surface area contributed by atoms with Crippen molar-refractivity contribution in [1.29, 1.82) is 0 Å². The Labute approximate surface area is 169 Å². The third-order valence-corrected chi connectivity index (χ3v) is 5.35. The first-order valence-electron chi connectivity index (χ1n) is 8.91. The first kappa shape index (κ1) is 18.8. The molecule has 0 spiro atoms. The van der Waals surface area contributed by atoms with E-state index >= 15 is 0 Å². The Kier molecular flexibility index (Phi) is 4.81. The van der Waals surface area contributed by atoms with Gasteiger partial charge in [0.15, 0.2) is 5.13 Å². The number of carbonyl (C=O) groups excluding carboxylic acids is 4. The number of nitrogens with one attached hydrogen (secondary N) is 2. The lowest BCUT2D eigenvalue weighted by atomic mass is 10.1. The lowest BCUT2D eigenvalue weighted by Crippen LogP contribution is -2.37. The number of imide groups is 1. The van der Waals surface area contributed by atoms with Crippen LogP contribution in [0.5, 0.6) is 0 Å². The molecular weight excluding hydrogens is 392 g/mol. The molecule has 1 aliphatic rings. The van der Waals surface area contributed by atoms with E-state index in [1.807, 2.05) is 0 Å². The van der Waals surface area contributed by atoms with Gasteiger partial charge in [0.1, 0.15) is 6.54 Å². The average Bonchev–Trinajstić information content (AvgIpc) is 3.21. The Morgan fingerprint density at radius 2 is 1.69 bits per heavy atom. The first-order valence-corrected chi connectivity index (χ1v) is 9.73. The fraction of sp³-hybridized carbons (Fsp3) is 0.150. The Bertz CT molecular complexity index is 1140. The Morgan fingerprint density at radius 1 is 1.00 bits per heavy atom. The first-order chi connectivity index (χ1) is 14.0. The Hall–Kier alpha value is -3.59. The van der Waals surface area contributed by atoms with Crippen LogP contribution < -0.4 is 10.6 Å². The highest BCUT2D eigenvalue weighted by molar-refractivity contribution is 7.22. The Balaban J connectivity index is 1.46. The summed E-state index contributed by atoms with van der Waals surface area (Å²) in [6.45, 7) is 1.38. The quantitative estimate of drug-likeness (QED) is 0.631. The molecule has 0 saturated carbocycles. The van der Waals surface area contributed by atoms with Crippen LogP contribution in [0.1, 0.15) is 34.1 Å². The van der Waals surface area contributed by atoms with Crippen LogP contribution in [0.4, 0.5) is 10.8 Å². The lowest BCUT2D eigenvalue weighted by Gasteiger charge is -2.13. The molecule has 0 aliphatic carbocycles. The van der Waals surface area contributed by atoms with Gasteiger partial charge in [0.05, 0.1) is 21.3 Å². The van der Waals surface area contributed by atoms with Crippen molar-refractivity contribution in [2.24, 2.45) is 0 Å². The lowest BCUT2D eigenvalue weighted by molar-refractivity contribution is -0.117. The maximum atomic E-state index is 12.4. The number of hydrogen-bond acceptors (Lipinski definition) is 6. The third kappa shape index (κ3) is 3.59. The van der Waals surface area contributed by atoms with E-state index in [0.29, 0.717) is 33.9 Å². The average molecular weight is 408 g/mol. The second-order valence-corrected chi connectivity index (χ2v) is 7.42. The maximum Gasteiger partial charge on any atom is 0.262 e. The molecular formula is C20H16N4O4S. The molecule has 8 nitrogen and oxygen atoms in total. The molecule has 0 saturated heterocycles. The summed E-state index contributed by atoms with van der Waals surface area (Å²) in [5.41, 5.74) is 1.81. The molecule has 9 heteroatoms. The van der Waals surface area contributed by atoms with E-state index in [0.717, 1.165) is 9.60 Å². The van der Waals surface area contributed by atoms with Crippen molar-refractivity contribution in [3.63, 3.8) is 0 Å². The summed E-state index contributed by atoms with van der Waals surface area (Å²) in [5, 5.41) is 5.89. The number of thiazole rings is 1. The van der Waals surface area contributed by atoms with Gasteiger partial charge >= 0.3 is 0 Å². The highest BCUT2D eigenvalue weighted by atomic mass is 32.1. The van der Waals surface area contributed by atoms with E-state index in [9.17, 15) is 19.2 Å². The zero-order valence-corrected chi connectivity index (χ0v) is 16.2. The fourth-order valence-electron chi connectivity index (χ4n) is 2.99. The topological polar surface area (TPSA) is 108 Å². The third-order valence-electron chi connectivity index (χ3n) is 4.42. The van der Waals surface area contributed by atoms with Gasteiger partial charge in [0, 0.05) is 12.1 Å². The van der Waals surface area contributed by atoms with E-state index in [2.05, 4.69) is 15.6 Å². The van der Waals surface area contributed by atoms with Gasteiger partial charge in [-0.1, -0.05) is 30.4 Å². The van der Waals surface area contributed by atoms with Crippen LogP contribution in [0.2, 0.25) is 0 Å². The molecule has 1 aromatic heterocycles. The van der Waals surface area contributed by atoms with Crippen LogP contribution in [0, 0.1) is 0 Å². The number of carbonyl (C=O) groups is 4. The van der Waals surface area contributed by atoms with Gasteiger partial charge in [-0.15, -0.1) is 0 Å². The van der Waals surface area contributed by atoms with Crippen LogP contribution in [0.25, 0.3) is 10.2 Å². The maximum absolute atomic E-state index is 12.4. The minimum Gasteiger partial charge on any atom is -0.324 e. The van der Waals surface area contributed by atoms with E-state index in [4.69, 9.17) is 0 Å². The predicted molar refractivity (Wildman–Crippen MR) is 109 cm³/mol. The number of benzene rings is 2. The minimum atomic E-state index is -0.483. The highest BCUT2D eigenvalue weighted by Gasteiger charge is 2.36. The van der Waals surface area contributed by atoms with Gasteiger partial charge < -0.3 is 10.6 Å². The van der Waals surface area contributed by atoms with Gasteiger partial charge in [-0.05, 0) is 30.3 Å². The van der Waals surface area contributed by atoms with E-state index in [1.54, 1.807) is 49.4 Å². The zero-order valence-electron chi connectivity index (χ0n) is 15.4. The molecule has 4 rings (SSSR count). The number of aromatic nitrogens is 1. The van der Waals surface area contributed by atoms with Crippen molar-refractivity contribution in [2.45, 2.75) is 13.3 Å². The second kappa shape index (κ2) is 7.44. The van der Waals surface area contributed by atoms with Gasteiger partial charge in [-0.3, -0.25) is 24.1 Å². The summed E-state index contributed by atoms with van der Waals surface area (Å²) < 4.78 is 0.787. The van der Waals surface area contributed by atoms with Gasteiger partial charge in [0.2, 0.25) is 11.8 Å². The minimum absolute atomic E-state index is 0.126. The van der Waals surface area contributed by atoms with Crippen LogP contribution in [-0.4, -0.2) is 40.1 Å². The second-order valence-electron chi connectivity index (χ2n) is 6.39. The summed E-state index contributed by atoms with van der Waals surface area (Å²) in [4.78, 5) is 53.9. The molecule has 0 fully saturated rings. The molecule has 0 atom stereocenters. The molecule has 29 heavy (non-hydrogen) atoms. The molecule has 146 valence electrons. The van der Waals surface area contributed by atoms with Gasteiger partial charge in [0.25, 0.3) is 11.8 Å². The van der Waals surface area contributed by atoms with Crippen LogP contribution >= 0.6 is 11.3 Å². The molecule has 4 amide bonds.